The van der Waals surface area contributed by atoms with Crippen molar-refractivity contribution in [2.24, 2.45) is 0 Å². The number of esters is 1. The second kappa shape index (κ2) is 9.91. The number of nitrogens with one attached hydrogen (secondary N) is 1. The molecule has 7 nitrogen and oxygen atoms in total. The number of carbonyl (C=O) groups is 3. The molecule has 7 heteroatoms. The molecule has 30 heavy (non-hydrogen) atoms. The maximum absolute atomic E-state index is 12.2. The molecule has 0 atom stereocenters. The van der Waals surface area contributed by atoms with Crippen molar-refractivity contribution in [1.82, 2.24) is 10.2 Å². The minimum atomic E-state index is -0.557. The zero-order chi connectivity index (χ0) is 21.5. The van der Waals surface area contributed by atoms with Gasteiger partial charge in [0.15, 0.2) is 0 Å². The van der Waals surface area contributed by atoms with E-state index in [-0.39, 0.29) is 44.5 Å². The molecular formula is C23H26N2O5. The molecule has 1 aliphatic rings. The number of rotatable bonds is 8. The molecule has 1 N–H and O–H groups in total. The lowest BCUT2D eigenvalue weighted by molar-refractivity contribution is -0.146. The van der Waals surface area contributed by atoms with Gasteiger partial charge in [0, 0.05) is 25.4 Å². The van der Waals surface area contributed by atoms with Gasteiger partial charge in [-0.2, -0.15) is 0 Å². The summed E-state index contributed by atoms with van der Waals surface area (Å²) >= 11 is 0. The van der Waals surface area contributed by atoms with Crippen molar-refractivity contribution in [3.63, 3.8) is 0 Å². The number of alkyl carbamates (subject to hydrolysis) is 1. The number of fused-ring (bicyclic) bond motifs is 3. The Bertz CT molecular complexity index is 882. The summed E-state index contributed by atoms with van der Waals surface area (Å²) in [4.78, 5) is 37.0. The summed E-state index contributed by atoms with van der Waals surface area (Å²) in [6, 6.07) is 16.2. The highest BCUT2D eigenvalue weighted by Gasteiger charge is 2.29. The largest absolute Gasteiger partial charge is 0.468 e. The molecule has 0 saturated carbocycles. The SMILES string of the molecule is CCC(=O)N(CCNC(=O)OCC1c2ccccc2-c2ccccc21)CC(=O)OC. The number of hydrogen-bond donors (Lipinski definition) is 1. The second-order valence-corrected chi connectivity index (χ2v) is 7.00. The number of amides is 2. The summed E-state index contributed by atoms with van der Waals surface area (Å²) in [6.45, 7) is 2.17. The Morgan fingerprint density at radius 1 is 1.00 bits per heavy atom. The van der Waals surface area contributed by atoms with Gasteiger partial charge in [0.2, 0.25) is 5.91 Å². The van der Waals surface area contributed by atoms with Gasteiger partial charge in [0.05, 0.1) is 7.11 Å². The second-order valence-electron chi connectivity index (χ2n) is 7.00. The average Bonchev–Trinajstić information content (AvgIpc) is 3.10. The predicted molar refractivity (Wildman–Crippen MR) is 112 cm³/mol. The molecule has 0 aromatic heterocycles. The number of hydrogen-bond acceptors (Lipinski definition) is 5. The third-order valence-electron chi connectivity index (χ3n) is 5.20. The normalized spacial score (nSPS) is 11.9. The van der Waals surface area contributed by atoms with Crippen LogP contribution in [-0.2, 0) is 19.1 Å². The standard InChI is InChI=1S/C23H26N2O5/c1-3-21(26)25(14-22(27)29-2)13-12-24-23(28)30-15-20-18-10-6-4-8-16(18)17-9-5-7-11-19(17)20/h4-11,20H,3,12-15H2,1-2H3,(H,24,28). The Balaban J connectivity index is 1.54. The van der Waals surface area contributed by atoms with Crippen molar-refractivity contribution in [2.75, 3.05) is 33.4 Å². The van der Waals surface area contributed by atoms with E-state index in [1.807, 2.05) is 24.3 Å². The van der Waals surface area contributed by atoms with Crippen molar-refractivity contribution in [2.45, 2.75) is 19.3 Å². The van der Waals surface area contributed by atoms with Crippen LogP contribution in [0.3, 0.4) is 0 Å². The van der Waals surface area contributed by atoms with Gasteiger partial charge in [-0.15, -0.1) is 0 Å². The van der Waals surface area contributed by atoms with E-state index in [1.54, 1.807) is 6.92 Å². The molecule has 1 aliphatic carbocycles. The number of benzene rings is 2. The lowest BCUT2D eigenvalue weighted by Gasteiger charge is -2.21. The molecular weight excluding hydrogens is 384 g/mol. The number of nitrogens with zero attached hydrogens (tertiary/aromatic N) is 1. The van der Waals surface area contributed by atoms with Crippen LogP contribution in [0.4, 0.5) is 4.79 Å². The van der Waals surface area contributed by atoms with Gasteiger partial charge >= 0.3 is 12.1 Å². The summed E-state index contributed by atoms with van der Waals surface area (Å²) < 4.78 is 10.1. The van der Waals surface area contributed by atoms with Crippen LogP contribution in [0.25, 0.3) is 11.1 Å². The molecule has 0 radical (unpaired) electrons. The van der Waals surface area contributed by atoms with Gasteiger partial charge in [-0.3, -0.25) is 9.59 Å². The Hall–Kier alpha value is -3.35. The fourth-order valence-electron chi connectivity index (χ4n) is 3.68. The molecule has 2 amide bonds. The molecule has 0 saturated heterocycles. The van der Waals surface area contributed by atoms with E-state index < -0.39 is 12.1 Å². The number of carbonyl (C=O) groups excluding carboxylic acids is 3. The number of methoxy groups -OCH3 is 1. The smallest absolute Gasteiger partial charge is 0.407 e. The van der Waals surface area contributed by atoms with E-state index in [1.165, 1.54) is 23.1 Å². The van der Waals surface area contributed by atoms with E-state index in [4.69, 9.17) is 4.74 Å². The van der Waals surface area contributed by atoms with Crippen molar-refractivity contribution >= 4 is 18.0 Å². The molecule has 0 unspecified atom stereocenters. The van der Waals surface area contributed by atoms with Crippen LogP contribution >= 0.6 is 0 Å². The molecule has 158 valence electrons. The molecule has 2 aromatic rings. The van der Waals surface area contributed by atoms with E-state index in [0.29, 0.717) is 0 Å². The van der Waals surface area contributed by atoms with Crippen LogP contribution in [-0.4, -0.2) is 56.2 Å². The maximum Gasteiger partial charge on any atom is 0.407 e. The number of ether oxygens (including phenoxy) is 2. The fraction of sp³-hybridized carbons (Fsp3) is 0.348. The van der Waals surface area contributed by atoms with Crippen molar-refractivity contribution in [3.05, 3.63) is 59.7 Å². The zero-order valence-corrected chi connectivity index (χ0v) is 17.2. The maximum atomic E-state index is 12.2. The lowest BCUT2D eigenvalue weighted by Crippen LogP contribution is -2.41. The third-order valence-corrected chi connectivity index (χ3v) is 5.20. The third kappa shape index (κ3) is 4.79. The molecule has 0 aliphatic heterocycles. The average molecular weight is 410 g/mol. The Kier molecular flexibility index (Phi) is 7.06. The van der Waals surface area contributed by atoms with Crippen molar-refractivity contribution in [1.29, 1.82) is 0 Å². The minimum absolute atomic E-state index is 0.0133. The van der Waals surface area contributed by atoms with Gasteiger partial charge in [-0.25, -0.2) is 4.79 Å². The van der Waals surface area contributed by atoms with E-state index in [2.05, 4.69) is 34.3 Å². The quantitative estimate of drug-likeness (QED) is 0.677. The summed E-state index contributed by atoms with van der Waals surface area (Å²) in [5, 5.41) is 2.65. The van der Waals surface area contributed by atoms with Crippen LogP contribution in [0.15, 0.2) is 48.5 Å². The van der Waals surface area contributed by atoms with Gasteiger partial charge < -0.3 is 19.7 Å². The summed E-state index contributed by atoms with van der Waals surface area (Å²) in [6.07, 6.45) is -0.291. The topological polar surface area (TPSA) is 84.9 Å². The van der Waals surface area contributed by atoms with E-state index in [9.17, 15) is 14.4 Å². The summed E-state index contributed by atoms with van der Waals surface area (Å²) in [5.41, 5.74) is 4.62. The molecule has 2 aromatic carbocycles. The first-order valence-electron chi connectivity index (χ1n) is 9.98. The highest BCUT2D eigenvalue weighted by molar-refractivity contribution is 5.82. The Morgan fingerprint density at radius 3 is 2.17 bits per heavy atom. The van der Waals surface area contributed by atoms with Crippen LogP contribution in [0.2, 0.25) is 0 Å². The molecule has 3 rings (SSSR count). The lowest BCUT2D eigenvalue weighted by atomic mass is 9.98. The summed E-state index contributed by atoms with van der Waals surface area (Å²) in [7, 11) is 1.27. The molecule has 0 spiro atoms. The van der Waals surface area contributed by atoms with Gasteiger partial charge in [0.25, 0.3) is 0 Å². The van der Waals surface area contributed by atoms with E-state index in [0.717, 1.165) is 11.1 Å². The molecule has 0 fully saturated rings. The van der Waals surface area contributed by atoms with Crippen molar-refractivity contribution in [3.8, 4) is 11.1 Å². The first-order chi connectivity index (χ1) is 14.5. The zero-order valence-electron chi connectivity index (χ0n) is 17.2. The van der Waals surface area contributed by atoms with E-state index >= 15 is 0 Å². The minimum Gasteiger partial charge on any atom is -0.468 e. The summed E-state index contributed by atoms with van der Waals surface area (Å²) in [5.74, 6) is -0.701. The first-order valence-corrected chi connectivity index (χ1v) is 9.98. The first kappa shape index (κ1) is 21.4. The highest BCUT2D eigenvalue weighted by Crippen LogP contribution is 2.44. The fourth-order valence-corrected chi connectivity index (χ4v) is 3.68. The van der Waals surface area contributed by atoms with Gasteiger partial charge in [-0.1, -0.05) is 55.5 Å². The molecule has 0 heterocycles. The van der Waals surface area contributed by atoms with Crippen LogP contribution < -0.4 is 5.32 Å². The highest BCUT2D eigenvalue weighted by atomic mass is 16.5. The van der Waals surface area contributed by atoms with Gasteiger partial charge in [-0.05, 0) is 22.3 Å². The Labute approximate surface area is 176 Å². The van der Waals surface area contributed by atoms with Crippen LogP contribution in [0.1, 0.15) is 30.4 Å². The monoisotopic (exact) mass is 410 g/mol. The van der Waals surface area contributed by atoms with Crippen molar-refractivity contribution < 1.29 is 23.9 Å². The Morgan fingerprint density at radius 2 is 1.60 bits per heavy atom. The predicted octanol–water partition coefficient (Wildman–Crippen LogP) is 2.94. The van der Waals surface area contributed by atoms with Gasteiger partial charge in [0.1, 0.15) is 13.2 Å². The molecule has 0 bridgehead atoms. The van der Waals surface area contributed by atoms with Crippen LogP contribution in [0.5, 0.6) is 0 Å². The van der Waals surface area contributed by atoms with Crippen LogP contribution in [0, 0.1) is 0 Å².